The first kappa shape index (κ1) is 9.76. The van der Waals surface area contributed by atoms with Crippen LogP contribution in [0.15, 0.2) is 18.2 Å². The molecule has 0 amide bonds. The minimum absolute atomic E-state index is 0. The van der Waals surface area contributed by atoms with Gasteiger partial charge in [-0.3, -0.25) is 0 Å². The smallest absolute Gasteiger partial charge is 0.122 e. The molecule has 0 saturated carbocycles. The zero-order chi connectivity index (χ0) is 7.68. The van der Waals surface area contributed by atoms with Crippen LogP contribution in [0.4, 0.5) is 0 Å². The van der Waals surface area contributed by atoms with Crippen LogP contribution in [0.25, 0.3) is 0 Å². The van der Waals surface area contributed by atoms with Crippen molar-refractivity contribution in [2.45, 2.75) is 12.7 Å². The van der Waals surface area contributed by atoms with Gasteiger partial charge in [-0.25, -0.2) is 0 Å². The second kappa shape index (κ2) is 4.06. The van der Waals surface area contributed by atoms with Gasteiger partial charge in [0, 0.05) is 25.0 Å². The molecule has 1 heterocycles. The normalized spacial score (nSPS) is 13.0. The zero-order valence-electron chi connectivity index (χ0n) is 6.79. The summed E-state index contributed by atoms with van der Waals surface area (Å²) >= 11 is 0. The molecule has 0 aromatic heterocycles. The maximum absolute atomic E-state index is 5.50. The maximum atomic E-state index is 5.50. The molecule has 1 nitrogen and oxygen atoms in total. The summed E-state index contributed by atoms with van der Waals surface area (Å²) in [5.74, 6) is 1.03. The quantitative estimate of drug-likeness (QED) is 0.613. The van der Waals surface area contributed by atoms with E-state index in [1.165, 1.54) is 11.1 Å². The third-order valence-corrected chi connectivity index (χ3v) is 1.99. The Labute approximate surface area is 85.8 Å². The largest absolute Gasteiger partial charge is 0.493 e. The van der Waals surface area contributed by atoms with Gasteiger partial charge in [0.15, 0.2) is 0 Å². The average Bonchev–Trinajstić information content (AvgIpc) is 2.50. The Hall–Kier alpha value is -0.331. The van der Waals surface area contributed by atoms with Crippen molar-refractivity contribution >= 4 is 7.85 Å². The maximum Gasteiger partial charge on any atom is 0.122 e. The molecule has 0 N–H and O–H groups in total. The molecule has 1 aliphatic rings. The predicted octanol–water partition coefficient (Wildman–Crippen LogP) is 1.29. The first-order valence-electron chi connectivity index (χ1n) is 3.85. The van der Waals surface area contributed by atoms with E-state index < -0.39 is 0 Å². The van der Waals surface area contributed by atoms with Crippen molar-refractivity contribution < 1.29 is 23.3 Å². The summed E-state index contributed by atoms with van der Waals surface area (Å²) in [5, 5.41) is 0. The Morgan fingerprint density at radius 1 is 1.42 bits per heavy atom. The van der Waals surface area contributed by atoms with Crippen LogP contribution in [0.5, 0.6) is 5.75 Å². The van der Waals surface area contributed by atoms with Crippen molar-refractivity contribution in [1.82, 2.24) is 0 Å². The van der Waals surface area contributed by atoms with Crippen molar-refractivity contribution in [3.63, 3.8) is 0 Å². The first-order chi connectivity index (χ1) is 5.40. The SMILES string of the molecule is [B]Cc1ccc2c(c1)CCO2.[V]. The Bertz CT molecular complexity index is 275. The molecule has 0 saturated heterocycles. The van der Waals surface area contributed by atoms with E-state index in [-0.39, 0.29) is 18.6 Å². The summed E-state index contributed by atoms with van der Waals surface area (Å²) in [6.45, 7) is 0.823. The molecule has 0 aliphatic carbocycles. The summed E-state index contributed by atoms with van der Waals surface area (Å²) in [6.07, 6.45) is 1.65. The fraction of sp³-hybridized carbons (Fsp3) is 0.333. The fourth-order valence-corrected chi connectivity index (χ4v) is 1.37. The van der Waals surface area contributed by atoms with Crippen molar-refractivity contribution in [3.05, 3.63) is 29.3 Å². The van der Waals surface area contributed by atoms with E-state index in [9.17, 15) is 0 Å². The summed E-state index contributed by atoms with van der Waals surface area (Å²) in [4.78, 5) is 0. The molecule has 0 unspecified atom stereocenters. The van der Waals surface area contributed by atoms with Crippen LogP contribution in [0, 0.1) is 0 Å². The van der Waals surface area contributed by atoms with Crippen LogP contribution in [0.3, 0.4) is 0 Å². The summed E-state index contributed by atoms with van der Waals surface area (Å²) in [7, 11) is 5.50. The molecule has 12 heavy (non-hydrogen) atoms. The number of ether oxygens (including phenoxy) is 1. The monoisotopic (exact) mass is 195 g/mol. The molecule has 1 aromatic carbocycles. The fourth-order valence-electron chi connectivity index (χ4n) is 1.37. The van der Waals surface area contributed by atoms with Gasteiger partial charge in [-0.15, -0.1) is 0 Å². The van der Waals surface area contributed by atoms with Gasteiger partial charge in [-0.05, 0) is 11.6 Å². The second-order valence-corrected chi connectivity index (χ2v) is 2.74. The molecular formula is C9H9BOV. The summed E-state index contributed by atoms with van der Waals surface area (Å²) in [5.41, 5.74) is 2.49. The molecule has 3 radical (unpaired) electrons. The molecule has 1 aromatic rings. The third kappa shape index (κ3) is 1.70. The van der Waals surface area contributed by atoms with Crippen molar-refractivity contribution in [2.75, 3.05) is 6.61 Å². The van der Waals surface area contributed by atoms with Gasteiger partial charge >= 0.3 is 0 Å². The predicted molar refractivity (Wildman–Crippen MR) is 45.1 cm³/mol. The second-order valence-electron chi connectivity index (χ2n) is 2.74. The summed E-state index contributed by atoms with van der Waals surface area (Å²) < 4.78 is 5.36. The van der Waals surface area contributed by atoms with Gasteiger partial charge in [-0.1, -0.05) is 24.0 Å². The molecule has 0 atom stereocenters. The molecule has 0 fully saturated rings. The number of benzene rings is 1. The van der Waals surface area contributed by atoms with Crippen LogP contribution < -0.4 is 4.74 Å². The Morgan fingerprint density at radius 2 is 2.25 bits per heavy atom. The van der Waals surface area contributed by atoms with Gasteiger partial charge in [0.05, 0.1) is 14.5 Å². The third-order valence-electron chi connectivity index (χ3n) is 1.99. The van der Waals surface area contributed by atoms with E-state index >= 15 is 0 Å². The number of hydrogen-bond acceptors (Lipinski definition) is 1. The standard InChI is InChI=1S/C9H9BO.V/c10-6-7-1-2-9-8(5-7)3-4-11-9;/h1-2,5H,3-4,6H2;. The van der Waals surface area contributed by atoms with E-state index in [1.54, 1.807) is 0 Å². The van der Waals surface area contributed by atoms with Crippen molar-refractivity contribution in [1.29, 1.82) is 0 Å². The number of hydrogen-bond donors (Lipinski definition) is 0. The van der Waals surface area contributed by atoms with E-state index in [0.29, 0.717) is 6.32 Å². The summed E-state index contributed by atoms with van der Waals surface area (Å²) in [6, 6.07) is 6.15. The van der Waals surface area contributed by atoms with Crippen LogP contribution in [-0.2, 0) is 31.3 Å². The molecule has 1 aliphatic heterocycles. The van der Waals surface area contributed by atoms with Crippen LogP contribution >= 0.6 is 0 Å². The number of rotatable bonds is 1. The molecule has 3 heteroatoms. The van der Waals surface area contributed by atoms with Crippen LogP contribution in [-0.4, -0.2) is 14.5 Å². The minimum atomic E-state index is 0. The van der Waals surface area contributed by atoms with Crippen LogP contribution in [0.1, 0.15) is 11.1 Å². The molecular weight excluding hydrogens is 186 g/mol. The van der Waals surface area contributed by atoms with E-state index in [1.807, 2.05) is 12.1 Å². The first-order valence-corrected chi connectivity index (χ1v) is 3.85. The Morgan fingerprint density at radius 3 is 3.00 bits per heavy atom. The van der Waals surface area contributed by atoms with Crippen LogP contribution in [0.2, 0.25) is 0 Å². The zero-order valence-corrected chi connectivity index (χ0v) is 8.18. The molecule has 2 rings (SSSR count). The van der Waals surface area contributed by atoms with Gasteiger partial charge in [0.25, 0.3) is 0 Å². The van der Waals surface area contributed by atoms with Gasteiger partial charge in [-0.2, -0.15) is 0 Å². The van der Waals surface area contributed by atoms with Crippen molar-refractivity contribution in [3.8, 4) is 5.75 Å². The van der Waals surface area contributed by atoms with E-state index in [0.717, 1.165) is 18.8 Å². The number of fused-ring (bicyclic) bond motifs is 1. The Kier molecular flexibility index (Phi) is 3.30. The molecule has 0 spiro atoms. The minimum Gasteiger partial charge on any atom is -0.493 e. The van der Waals surface area contributed by atoms with E-state index in [4.69, 9.17) is 12.6 Å². The molecule has 0 bridgehead atoms. The van der Waals surface area contributed by atoms with Gasteiger partial charge in [0.2, 0.25) is 0 Å². The van der Waals surface area contributed by atoms with E-state index in [2.05, 4.69) is 6.07 Å². The average molecular weight is 195 g/mol. The van der Waals surface area contributed by atoms with Gasteiger partial charge in [0.1, 0.15) is 5.75 Å². The van der Waals surface area contributed by atoms with Gasteiger partial charge < -0.3 is 4.74 Å². The van der Waals surface area contributed by atoms with Crippen molar-refractivity contribution in [2.24, 2.45) is 0 Å². The topological polar surface area (TPSA) is 9.23 Å². The molecule has 59 valence electrons. The Balaban J connectivity index is 0.000000720.